The first-order valence-electron chi connectivity index (χ1n) is 5.33. The van der Waals surface area contributed by atoms with Crippen molar-refractivity contribution in [2.75, 3.05) is 49.8 Å². The van der Waals surface area contributed by atoms with E-state index in [-0.39, 0.29) is 4.37 Å². The summed E-state index contributed by atoms with van der Waals surface area (Å²) in [7, 11) is 1.44. The van der Waals surface area contributed by atoms with Gasteiger partial charge in [0.1, 0.15) is 0 Å². The maximum absolute atomic E-state index is 12.7. The van der Waals surface area contributed by atoms with Crippen molar-refractivity contribution in [3.8, 4) is 0 Å². The van der Waals surface area contributed by atoms with Gasteiger partial charge in [-0.1, -0.05) is 0 Å². The van der Waals surface area contributed by atoms with Crippen LogP contribution in [0.3, 0.4) is 0 Å². The lowest BCUT2D eigenvalue weighted by molar-refractivity contribution is 0.232. The Kier molecular flexibility index (Phi) is 9.57. The summed E-state index contributed by atoms with van der Waals surface area (Å²) in [5, 5.41) is 0. The molecule has 0 heterocycles. The van der Waals surface area contributed by atoms with Crippen molar-refractivity contribution in [2.24, 2.45) is 0 Å². The Balaban J connectivity index is 6.36. The van der Waals surface area contributed by atoms with E-state index in [1.165, 1.54) is 49.8 Å². The van der Waals surface area contributed by atoms with Gasteiger partial charge < -0.3 is 31.7 Å². The molecule has 128 valence electrons. The molecular formula is C8H21O9P3S. The van der Waals surface area contributed by atoms with Gasteiger partial charge in [-0.15, -0.1) is 0 Å². The highest BCUT2D eigenvalue weighted by Crippen LogP contribution is 2.74. The molecule has 0 saturated carbocycles. The van der Waals surface area contributed by atoms with Gasteiger partial charge in [0.25, 0.3) is 7.57 Å². The maximum Gasteiger partial charge on any atom is 0.393 e. The Labute approximate surface area is 128 Å². The summed E-state index contributed by atoms with van der Waals surface area (Å²) in [4.78, 5) is 0. The molecule has 0 saturated heterocycles. The van der Waals surface area contributed by atoms with E-state index in [2.05, 4.69) is 0 Å². The van der Waals surface area contributed by atoms with Crippen LogP contribution in [0.15, 0.2) is 0 Å². The summed E-state index contributed by atoms with van der Waals surface area (Å²) in [5.41, 5.74) is 0. The van der Waals surface area contributed by atoms with Crippen molar-refractivity contribution in [3.63, 3.8) is 0 Å². The predicted molar refractivity (Wildman–Crippen MR) is 83.8 cm³/mol. The highest BCUT2D eigenvalue weighted by molar-refractivity contribution is 8.68. The van der Waals surface area contributed by atoms with E-state index in [0.717, 1.165) is 0 Å². The first-order valence-corrected chi connectivity index (χ1v) is 11.4. The lowest BCUT2D eigenvalue weighted by Crippen LogP contribution is -2.08. The molecule has 0 rings (SSSR count). The topological polar surface area (TPSA) is 98.8 Å². The Bertz CT molecular complexity index is 445. The lowest BCUT2D eigenvalue weighted by atomic mass is 11.8. The molecule has 0 radical (unpaired) electrons. The minimum Gasteiger partial charge on any atom is -0.319 e. The standard InChI is InChI=1S/C8H21O9P3S/c1-11-18(9,12-2)8(19(13-3,14-4)15-5)21-20(10,16-6)17-7/h1-7H3. The molecular weight excluding hydrogens is 365 g/mol. The Morgan fingerprint density at radius 2 is 1.05 bits per heavy atom. The summed E-state index contributed by atoms with van der Waals surface area (Å²) in [5.74, 6) is 0. The normalized spacial score (nSPS) is 13.5. The summed E-state index contributed by atoms with van der Waals surface area (Å²) >= 11 is 0.518. The van der Waals surface area contributed by atoms with Gasteiger partial charge in [0, 0.05) is 61.2 Å². The third-order valence-corrected chi connectivity index (χ3v) is 13.3. The summed E-state index contributed by atoms with van der Waals surface area (Å²) in [6.45, 7) is -3.66. The molecule has 0 atom stereocenters. The molecule has 0 fully saturated rings. The number of hydrogen-bond acceptors (Lipinski definition) is 10. The van der Waals surface area contributed by atoms with Gasteiger partial charge in [-0.25, -0.2) is 4.57 Å². The van der Waals surface area contributed by atoms with Crippen molar-refractivity contribution in [1.29, 1.82) is 0 Å². The van der Waals surface area contributed by atoms with E-state index < -0.39 is 22.0 Å². The number of rotatable bonds is 10. The third-order valence-electron chi connectivity index (χ3n) is 2.31. The SMILES string of the molecule is COP(=O)(OC)SC(P(=O)(OC)OC)=P(OC)(OC)OC. The zero-order chi connectivity index (χ0) is 16.7. The quantitative estimate of drug-likeness (QED) is 0.520. The van der Waals surface area contributed by atoms with Gasteiger partial charge in [-0.05, 0) is 0 Å². The molecule has 0 aromatic carbocycles. The zero-order valence-electron chi connectivity index (χ0n) is 12.9. The summed E-state index contributed by atoms with van der Waals surface area (Å²) in [6, 6.07) is 0. The van der Waals surface area contributed by atoms with Crippen LogP contribution >= 0.6 is 33.3 Å². The van der Waals surface area contributed by atoms with E-state index in [4.69, 9.17) is 31.7 Å². The Morgan fingerprint density at radius 3 is 1.29 bits per heavy atom. The van der Waals surface area contributed by atoms with E-state index in [1.807, 2.05) is 0 Å². The highest BCUT2D eigenvalue weighted by Gasteiger charge is 2.45. The molecule has 0 aliphatic rings. The fourth-order valence-corrected chi connectivity index (χ4v) is 12.1. The van der Waals surface area contributed by atoms with Gasteiger partial charge in [0.15, 0.2) is 4.37 Å². The lowest BCUT2D eigenvalue weighted by Gasteiger charge is -2.28. The summed E-state index contributed by atoms with van der Waals surface area (Å²) < 4.78 is 60.1. The van der Waals surface area contributed by atoms with Crippen LogP contribution in [0.25, 0.3) is 0 Å². The van der Waals surface area contributed by atoms with Crippen molar-refractivity contribution in [2.45, 2.75) is 0 Å². The van der Waals surface area contributed by atoms with Crippen molar-refractivity contribution in [3.05, 3.63) is 0 Å². The summed E-state index contributed by atoms with van der Waals surface area (Å²) in [6.07, 6.45) is 0. The van der Waals surface area contributed by atoms with E-state index in [1.54, 1.807) is 0 Å². The Hall–Kier alpha value is 0.830. The van der Waals surface area contributed by atoms with Crippen molar-refractivity contribution in [1.82, 2.24) is 0 Å². The first kappa shape index (κ1) is 21.8. The third kappa shape index (κ3) is 4.90. The van der Waals surface area contributed by atoms with Crippen LogP contribution in [0.2, 0.25) is 0 Å². The second kappa shape index (κ2) is 9.21. The largest absolute Gasteiger partial charge is 0.393 e. The molecule has 0 aromatic heterocycles. The molecule has 13 heteroatoms. The smallest absolute Gasteiger partial charge is 0.319 e. The van der Waals surface area contributed by atoms with E-state index in [9.17, 15) is 9.13 Å². The minimum atomic E-state index is -3.86. The molecule has 21 heavy (non-hydrogen) atoms. The van der Waals surface area contributed by atoms with Gasteiger partial charge in [0.2, 0.25) is 0 Å². The molecule has 0 unspecified atom stereocenters. The molecule has 0 spiro atoms. The molecule has 0 aliphatic heterocycles. The highest BCUT2D eigenvalue weighted by atomic mass is 32.7. The van der Waals surface area contributed by atoms with Crippen LogP contribution in [0.5, 0.6) is 0 Å². The fourth-order valence-electron chi connectivity index (χ4n) is 1.19. The average Bonchev–Trinajstić information content (AvgIpc) is 2.54. The van der Waals surface area contributed by atoms with E-state index >= 15 is 0 Å². The first-order chi connectivity index (χ1) is 9.76. The van der Waals surface area contributed by atoms with Crippen LogP contribution in [0, 0.1) is 0 Å². The van der Waals surface area contributed by atoms with Gasteiger partial charge >= 0.3 is 14.4 Å². The van der Waals surface area contributed by atoms with Crippen LogP contribution < -0.4 is 0 Å². The second-order valence-corrected chi connectivity index (χ2v) is 12.9. The predicted octanol–water partition coefficient (Wildman–Crippen LogP) is 3.40. The Morgan fingerprint density at radius 1 is 0.667 bits per heavy atom. The maximum atomic E-state index is 12.7. The molecule has 9 nitrogen and oxygen atoms in total. The zero-order valence-corrected chi connectivity index (χ0v) is 16.4. The molecule has 0 aromatic rings. The van der Waals surface area contributed by atoms with Crippen LogP contribution in [0.4, 0.5) is 0 Å². The van der Waals surface area contributed by atoms with Gasteiger partial charge in [0.05, 0.1) is 0 Å². The molecule has 0 amide bonds. The molecule has 0 N–H and O–H groups in total. The van der Waals surface area contributed by atoms with Crippen LogP contribution in [-0.4, -0.2) is 54.1 Å². The van der Waals surface area contributed by atoms with Gasteiger partial charge in [-0.3, -0.25) is 4.57 Å². The van der Waals surface area contributed by atoms with Crippen LogP contribution in [0.1, 0.15) is 0 Å². The van der Waals surface area contributed by atoms with Crippen molar-refractivity contribution >= 4 is 37.7 Å². The average molecular weight is 386 g/mol. The van der Waals surface area contributed by atoms with Crippen molar-refractivity contribution < 1.29 is 40.8 Å². The van der Waals surface area contributed by atoms with Gasteiger partial charge in [-0.2, -0.15) is 0 Å². The van der Waals surface area contributed by atoms with E-state index in [0.29, 0.717) is 11.4 Å². The molecule has 0 bridgehead atoms. The monoisotopic (exact) mass is 386 g/mol. The van der Waals surface area contributed by atoms with Crippen LogP contribution in [-0.2, 0) is 40.8 Å². The fraction of sp³-hybridized carbons (Fsp3) is 0.875. The second-order valence-electron chi connectivity index (χ2n) is 3.09. The minimum absolute atomic E-state index is 0.153. The number of hydrogen-bond donors (Lipinski definition) is 0. The molecule has 0 aliphatic carbocycles.